The summed E-state index contributed by atoms with van der Waals surface area (Å²) in [6, 6.07) is 4.79. The molecule has 0 radical (unpaired) electrons. The maximum Gasteiger partial charge on any atom is 0.273 e. The highest BCUT2D eigenvalue weighted by molar-refractivity contribution is 6.20. The van der Waals surface area contributed by atoms with E-state index in [0.717, 1.165) is 5.56 Å². The van der Waals surface area contributed by atoms with Crippen molar-refractivity contribution in [3.63, 3.8) is 0 Å². The highest BCUT2D eigenvalue weighted by Gasteiger charge is 2.14. The summed E-state index contributed by atoms with van der Waals surface area (Å²) in [4.78, 5) is 10.3. The van der Waals surface area contributed by atoms with Crippen LogP contribution in [-0.2, 0) is 6.42 Å². The molecule has 2 atom stereocenters. The van der Waals surface area contributed by atoms with Crippen LogP contribution in [-0.4, -0.2) is 17.4 Å². The molecule has 0 spiro atoms. The zero-order valence-corrected chi connectivity index (χ0v) is 10.9. The summed E-state index contributed by atoms with van der Waals surface area (Å²) in [7, 11) is 1.50. The summed E-state index contributed by atoms with van der Waals surface area (Å²) in [6.07, 6.45) is 0.697. The van der Waals surface area contributed by atoms with Gasteiger partial charge in [-0.1, -0.05) is 6.92 Å². The highest BCUT2D eigenvalue weighted by Crippen LogP contribution is 2.25. The third kappa shape index (κ3) is 3.89. The summed E-state index contributed by atoms with van der Waals surface area (Å²) in [5, 5.41) is 10.8. The third-order valence-electron chi connectivity index (χ3n) is 2.74. The van der Waals surface area contributed by atoms with Crippen LogP contribution in [0.5, 0.6) is 5.75 Å². The van der Waals surface area contributed by atoms with Crippen LogP contribution in [0.3, 0.4) is 0 Å². The van der Waals surface area contributed by atoms with Gasteiger partial charge in [0.1, 0.15) is 5.75 Å². The maximum absolute atomic E-state index is 10.8. The Labute approximate surface area is 106 Å². The number of hydrogen-bond donors (Lipinski definition) is 0. The third-order valence-corrected chi connectivity index (χ3v) is 3.17. The van der Waals surface area contributed by atoms with E-state index in [-0.39, 0.29) is 17.0 Å². The van der Waals surface area contributed by atoms with Crippen LogP contribution in [0.4, 0.5) is 5.69 Å². The van der Waals surface area contributed by atoms with E-state index >= 15 is 0 Å². The monoisotopic (exact) mass is 257 g/mol. The maximum atomic E-state index is 10.8. The van der Waals surface area contributed by atoms with Crippen LogP contribution in [0.25, 0.3) is 0 Å². The van der Waals surface area contributed by atoms with Gasteiger partial charge in [-0.25, -0.2) is 0 Å². The Balaban J connectivity index is 2.98. The van der Waals surface area contributed by atoms with Crippen molar-refractivity contribution in [1.29, 1.82) is 0 Å². The molecule has 0 bridgehead atoms. The van der Waals surface area contributed by atoms with Gasteiger partial charge in [-0.3, -0.25) is 10.1 Å². The van der Waals surface area contributed by atoms with Gasteiger partial charge in [-0.05, 0) is 30.9 Å². The number of nitrogens with zero attached hydrogens (tertiary/aromatic N) is 1. The van der Waals surface area contributed by atoms with Crippen LogP contribution >= 0.6 is 11.6 Å². The Hall–Kier alpha value is -1.29. The predicted octanol–water partition coefficient (Wildman–Crippen LogP) is 3.41. The minimum atomic E-state index is -0.416. The molecule has 0 aromatic heterocycles. The van der Waals surface area contributed by atoms with Crippen molar-refractivity contribution < 1.29 is 9.66 Å². The van der Waals surface area contributed by atoms with Crippen LogP contribution in [0.1, 0.15) is 19.4 Å². The van der Waals surface area contributed by atoms with Gasteiger partial charge in [0, 0.05) is 11.4 Å². The number of methoxy groups -OCH3 is 1. The van der Waals surface area contributed by atoms with E-state index in [0.29, 0.717) is 12.2 Å². The van der Waals surface area contributed by atoms with Gasteiger partial charge in [0.2, 0.25) is 0 Å². The first-order valence-electron chi connectivity index (χ1n) is 5.40. The molecule has 17 heavy (non-hydrogen) atoms. The molecule has 0 saturated carbocycles. The predicted molar refractivity (Wildman–Crippen MR) is 67.8 cm³/mol. The van der Waals surface area contributed by atoms with Gasteiger partial charge in [0.15, 0.2) is 0 Å². The zero-order valence-electron chi connectivity index (χ0n) is 10.1. The summed E-state index contributed by atoms with van der Waals surface area (Å²) in [6.45, 7) is 3.93. The average molecular weight is 258 g/mol. The molecule has 0 fully saturated rings. The first-order chi connectivity index (χ1) is 7.93. The Morgan fingerprint density at radius 1 is 1.41 bits per heavy atom. The molecule has 0 heterocycles. The molecular formula is C12H16ClNO3. The number of nitro benzene ring substituents is 1. The van der Waals surface area contributed by atoms with Gasteiger partial charge in [0.25, 0.3) is 5.69 Å². The molecule has 94 valence electrons. The Kier molecular flexibility index (Phi) is 4.75. The van der Waals surface area contributed by atoms with Gasteiger partial charge in [-0.15, -0.1) is 11.6 Å². The van der Waals surface area contributed by atoms with E-state index in [1.165, 1.54) is 13.2 Å². The van der Waals surface area contributed by atoms with Crippen molar-refractivity contribution in [1.82, 2.24) is 0 Å². The lowest BCUT2D eigenvalue weighted by atomic mass is 9.98. The molecule has 5 heteroatoms. The summed E-state index contributed by atoms with van der Waals surface area (Å²) < 4.78 is 5.05. The molecule has 0 N–H and O–H groups in total. The van der Waals surface area contributed by atoms with Gasteiger partial charge in [0.05, 0.1) is 18.1 Å². The smallest absolute Gasteiger partial charge is 0.273 e. The van der Waals surface area contributed by atoms with E-state index in [1.807, 2.05) is 19.9 Å². The lowest BCUT2D eigenvalue weighted by Crippen LogP contribution is -2.10. The lowest BCUT2D eigenvalue weighted by Gasteiger charge is -2.14. The number of halogens is 1. The van der Waals surface area contributed by atoms with E-state index in [9.17, 15) is 10.1 Å². The lowest BCUT2D eigenvalue weighted by molar-refractivity contribution is -0.385. The van der Waals surface area contributed by atoms with Crippen molar-refractivity contribution in [3.8, 4) is 5.75 Å². The SMILES string of the molecule is COc1cc(CC(C)C(C)Cl)cc([N+](=O)[O-])c1. The van der Waals surface area contributed by atoms with Gasteiger partial charge >= 0.3 is 0 Å². The molecule has 2 unspecified atom stereocenters. The molecule has 0 aliphatic carbocycles. The molecule has 4 nitrogen and oxygen atoms in total. The number of hydrogen-bond acceptors (Lipinski definition) is 3. The topological polar surface area (TPSA) is 52.4 Å². The molecule has 1 aromatic rings. The molecule has 1 rings (SSSR count). The minimum absolute atomic E-state index is 0.0280. The van der Waals surface area contributed by atoms with Gasteiger partial charge < -0.3 is 4.74 Å². The number of rotatable bonds is 5. The van der Waals surface area contributed by atoms with Crippen molar-refractivity contribution >= 4 is 17.3 Å². The van der Waals surface area contributed by atoms with Crippen molar-refractivity contribution in [3.05, 3.63) is 33.9 Å². The molecular weight excluding hydrogens is 242 g/mol. The van der Waals surface area contributed by atoms with Crippen molar-refractivity contribution in [2.75, 3.05) is 7.11 Å². The first-order valence-corrected chi connectivity index (χ1v) is 5.84. The number of non-ortho nitro benzene ring substituents is 1. The molecule has 0 aliphatic heterocycles. The van der Waals surface area contributed by atoms with Crippen LogP contribution < -0.4 is 4.74 Å². The summed E-state index contributed by atoms with van der Waals surface area (Å²) in [5.74, 6) is 0.756. The second-order valence-electron chi connectivity index (χ2n) is 4.16. The first kappa shape index (κ1) is 13.8. The minimum Gasteiger partial charge on any atom is -0.496 e. The van der Waals surface area contributed by atoms with E-state index in [4.69, 9.17) is 16.3 Å². The molecule has 1 aromatic carbocycles. The number of ether oxygens (including phenoxy) is 1. The average Bonchev–Trinajstić information content (AvgIpc) is 2.28. The fourth-order valence-electron chi connectivity index (χ4n) is 1.52. The quantitative estimate of drug-likeness (QED) is 0.461. The van der Waals surface area contributed by atoms with Crippen molar-refractivity contribution in [2.45, 2.75) is 25.6 Å². The number of benzene rings is 1. The summed E-state index contributed by atoms with van der Waals surface area (Å²) >= 11 is 5.99. The second kappa shape index (κ2) is 5.87. The zero-order chi connectivity index (χ0) is 13.0. The Bertz CT molecular complexity index is 407. The van der Waals surface area contributed by atoms with Crippen molar-refractivity contribution in [2.24, 2.45) is 5.92 Å². The molecule has 0 aliphatic rings. The fraction of sp³-hybridized carbons (Fsp3) is 0.500. The normalized spacial score (nSPS) is 14.1. The van der Waals surface area contributed by atoms with E-state index < -0.39 is 4.92 Å². The standard InChI is InChI=1S/C12H16ClNO3/c1-8(9(2)13)4-10-5-11(14(15)16)7-12(6-10)17-3/h5-9H,4H2,1-3H3. The van der Waals surface area contributed by atoms with Gasteiger partial charge in [-0.2, -0.15) is 0 Å². The second-order valence-corrected chi connectivity index (χ2v) is 4.84. The highest BCUT2D eigenvalue weighted by atomic mass is 35.5. The largest absolute Gasteiger partial charge is 0.496 e. The van der Waals surface area contributed by atoms with Crippen LogP contribution in [0, 0.1) is 16.0 Å². The van der Waals surface area contributed by atoms with E-state index in [2.05, 4.69) is 0 Å². The summed E-state index contributed by atoms with van der Waals surface area (Å²) in [5.41, 5.74) is 0.921. The van der Waals surface area contributed by atoms with Crippen LogP contribution in [0.2, 0.25) is 0 Å². The fourth-order valence-corrected chi connectivity index (χ4v) is 1.61. The Morgan fingerprint density at radius 2 is 2.06 bits per heavy atom. The number of alkyl halides is 1. The van der Waals surface area contributed by atoms with Crippen LogP contribution in [0.15, 0.2) is 18.2 Å². The Morgan fingerprint density at radius 3 is 2.53 bits per heavy atom. The number of nitro groups is 1. The van der Waals surface area contributed by atoms with E-state index in [1.54, 1.807) is 6.07 Å². The molecule has 0 amide bonds. The molecule has 0 saturated heterocycles.